The van der Waals surface area contributed by atoms with Gasteiger partial charge in [0.05, 0.1) is 0 Å². The van der Waals surface area contributed by atoms with Gasteiger partial charge in [0, 0.05) is 35.5 Å². The third kappa shape index (κ3) is 2.06. The maximum atomic E-state index is 10.9. The summed E-state index contributed by atoms with van der Waals surface area (Å²) in [7, 11) is -0.632. The van der Waals surface area contributed by atoms with Gasteiger partial charge in [-0.15, -0.1) is 0 Å². The van der Waals surface area contributed by atoms with Crippen molar-refractivity contribution >= 4 is 10.8 Å². The van der Waals surface area contributed by atoms with E-state index >= 15 is 0 Å². The lowest BCUT2D eigenvalue weighted by molar-refractivity contribution is 0.0993. The minimum Gasteiger partial charge on any atom is -0.381 e. The highest BCUT2D eigenvalue weighted by molar-refractivity contribution is 7.84. The van der Waals surface area contributed by atoms with E-state index in [0.717, 1.165) is 26.1 Å². The van der Waals surface area contributed by atoms with E-state index in [4.69, 9.17) is 4.74 Å². The zero-order valence-corrected chi connectivity index (χ0v) is 6.45. The monoisotopic (exact) mass is 148 g/mol. The fraction of sp³-hybridized carbons (Fsp3) is 1.00. The first-order valence-corrected chi connectivity index (χ1v) is 4.83. The van der Waals surface area contributed by atoms with Gasteiger partial charge in [-0.25, -0.2) is 0 Å². The molecule has 0 N–H and O–H groups in total. The third-order valence-electron chi connectivity index (χ3n) is 1.64. The summed E-state index contributed by atoms with van der Waals surface area (Å²) in [6, 6.07) is 0. The van der Waals surface area contributed by atoms with E-state index in [1.165, 1.54) is 0 Å². The average Bonchev–Trinajstić information content (AvgIpc) is 1.90. The predicted molar refractivity (Wildman–Crippen MR) is 37.9 cm³/mol. The highest BCUT2D eigenvalue weighted by Crippen LogP contribution is 2.11. The molecule has 1 aliphatic rings. The molecular weight excluding hydrogens is 136 g/mol. The lowest BCUT2D eigenvalue weighted by atomic mass is 10.2. The number of hydrogen-bond donors (Lipinski definition) is 0. The maximum Gasteiger partial charge on any atom is 0.0477 e. The van der Waals surface area contributed by atoms with Crippen LogP contribution in [-0.2, 0) is 15.5 Å². The SMILES string of the molecule is CS(=O)C1CCOCC1. The van der Waals surface area contributed by atoms with Crippen LogP contribution >= 0.6 is 0 Å². The Balaban J connectivity index is 2.31. The van der Waals surface area contributed by atoms with Gasteiger partial charge in [-0.2, -0.15) is 0 Å². The highest BCUT2D eigenvalue weighted by Gasteiger charge is 2.16. The Labute approximate surface area is 58.0 Å². The Morgan fingerprint density at radius 2 is 2.00 bits per heavy atom. The van der Waals surface area contributed by atoms with E-state index in [2.05, 4.69) is 0 Å². The van der Waals surface area contributed by atoms with E-state index < -0.39 is 10.8 Å². The van der Waals surface area contributed by atoms with E-state index in [-0.39, 0.29) is 0 Å². The lowest BCUT2D eigenvalue weighted by Gasteiger charge is -2.19. The Hall–Kier alpha value is 0.110. The van der Waals surface area contributed by atoms with Gasteiger partial charge in [0.2, 0.25) is 0 Å². The second kappa shape index (κ2) is 3.32. The third-order valence-corrected chi connectivity index (χ3v) is 3.05. The van der Waals surface area contributed by atoms with Crippen LogP contribution in [-0.4, -0.2) is 28.9 Å². The van der Waals surface area contributed by atoms with Gasteiger partial charge in [-0.05, 0) is 12.8 Å². The van der Waals surface area contributed by atoms with Crippen LogP contribution in [0.5, 0.6) is 0 Å². The molecule has 1 saturated heterocycles. The molecule has 3 heteroatoms. The summed E-state index contributed by atoms with van der Waals surface area (Å²) in [6.45, 7) is 1.59. The summed E-state index contributed by atoms with van der Waals surface area (Å²) in [5.41, 5.74) is 0. The summed E-state index contributed by atoms with van der Waals surface area (Å²) < 4.78 is 16.0. The van der Waals surface area contributed by atoms with Gasteiger partial charge in [-0.1, -0.05) is 0 Å². The van der Waals surface area contributed by atoms with Crippen LogP contribution in [0.3, 0.4) is 0 Å². The van der Waals surface area contributed by atoms with Crippen molar-refractivity contribution in [3.8, 4) is 0 Å². The Bertz CT molecular complexity index is 108. The summed E-state index contributed by atoms with van der Waals surface area (Å²) in [5, 5.41) is 0.402. The smallest absolute Gasteiger partial charge is 0.0477 e. The number of rotatable bonds is 1. The molecule has 0 spiro atoms. The van der Waals surface area contributed by atoms with Crippen molar-refractivity contribution in [2.45, 2.75) is 18.1 Å². The first-order valence-electron chi connectivity index (χ1n) is 3.20. The van der Waals surface area contributed by atoms with E-state index in [0.29, 0.717) is 5.25 Å². The fourth-order valence-corrected chi connectivity index (χ4v) is 1.86. The zero-order valence-electron chi connectivity index (χ0n) is 5.63. The first kappa shape index (κ1) is 7.22. The molecule has 1 fully saturated rings. The van der Waals surface area contributed by atoms with E-state index in [9.17, 15) is 4.21 Å². The summed E-state index contributed by atoms with van der Waals surface area (Å²) in [5.74, 6) is 0. The van der Waals surface area contributed by atoms with Gasteiger partial charge in [0.1, 0.15) is 0 Å². The molecule has 1 heterocycles. The molecular formula is C6H12O2S. The predicted octanol–water partition coefficient (Wildman–Crippen LogP) is 0.544. The van der Waals surface area contributed by atoms with Crippen LogP contribution in [0, 0.1) is 0 Å². The van der Waals surface area contributed by atoms with E-state index in [1.54, 1.807) is 6.26 Å². The largest absolute Gasteiger partial charge is 0.381 e. The van der Waals surface area contributed by atoms with Crippen molar-refractivity contribution in [2.75, 3.05) is 19.5 Å². The standard InChI is InChI=1S/C6H12O2S/c1-9(7)6-2-4-8-5-3-6/h6H,2-5H2,1H3. The van der Waals surface area contributed by atoms with Crippen molar-refractivity contribution in [2.24, 2.45) is 0 Å². The van der Waals surface area contributed by atoms with Crippen LogP contribution in [0.25, 0.3) is 0 Å². The Kier molecular flexibility index (Phi) is 2.66. The minimum atomic E-state index is -0.632. The molecule has 0 radical (unpaired) electrons. The maximum absolute atomic E-state index is 10.9. The summed E-state index contributed by atoms with van der Waals surface area (Å²) in [4.78, 5) is 0. The minimum absolute atomic E-state index is 0.402. The van der Waals surface area contributed by atoms with Crippen molar-refractivity contribution in [1.29, 1.82) is 0 Å². The molecule has 0 amide bonds. The molecule has 0 bridgehead atoms. The van der Waals surface area contributed by atoms with E-state index in [1.807, 2.05) is 0 Å². The van der Waals surface area contributed by atoms with Crippen LogP contribution in [0.1, 0.15) is 12.8 Å². The molecule has 1 aliphatic heterocycles. The molecule has 0 aromatic carbocycles. The normalized spacial score (nSPS) is 25.9. The summed E-state index contributed by atoms with van der Waals surface area (Å²) >= 11 is 0. The van der Waals surface area contributed by atoms with Crippen LogP contribution in [0.2, 0.25) is 0 Å². The molecule has 1 unspecified atom stereocenters. The molecule has 54 valence electrons. The van der Waals surface area contributed by atoms with Crippen molar-refractivity contribution in [1.82, 2.24) is 0 Å². The zero-order chi connectivity index (χ0) is 6.69. The molecule has 9 heavy (non-hydrogen) atoms. The van der Waals surface area contributed by atoms with Gasteiger partial charge >= 0.3 is 0 Å². The van der Waals surface area contributed by atoms with Crippen LogP contribution in [0.15, 0.2) is 0 Å². The molecule has 2 nitrogen and oxygen atoms in total. The van der Waals surface area contributed by atoms with Gasteiger partial charge in [-0.3, -0.25) is 4.21 Å². The fourth-order valence-electron chi connectivity index (χ4n) is 1.01. The van der Waals surface area contributed by atoms with Gasteiger partial charge in [0.15, 0.2) is 0 Å². The van der Waals surface area contributed by atoms with Crippen molar-refractivity contribution in [3.05, 3.63) is 0 Å². The molecule has 1 rings (SSSR count). The molecule has 1 atom stereocenters. The van der Waals surface area contributed by atoms with Crippen molar-refractivity contribution in [3.63, 3.8) is 0 Å². The average molecular weight is 148 g/mol. The molecule has 0 aromatic heterocycles. The molecule has 0 aliphatic carbocycles. The second-order valence-electron chi connectivity index (χ2n) is 2.31. The quantitative estimate of drug-likeness (QED) is 0.542. The molecule has 0 saturated carbocycles. The topological polar surface area (TPSA) is 26.3 Å². The van der Waals surface area contributed by atoms with Gasteiger partial charge < -0.3 is 4.74 Å². The highest BCUT2D eigenvalue weighted by atomic mass is 32.2. The van der Waals surface area contributed by atoms with Gasteiger partial charge in [0.25, 0.3) is 0 Å². The first-order chi connectivity index (χ1) is 4.30. The van der Waals surface area contributed by atoms with Crippen molar-refractivity contribution < 1.29 is 8.95 Å². The lowest BCUT2D eigenvalue weighted by Crippen LogP contribution is -2.23. The van der Waals surface area contributed by atoms with Crippen LogP contribution < -0.4 is 0 Å². The Morgan fingerprint density at radius 3 is 2.33 bits per heavy atom. The van der Waals surface area contributed by atoms with Crippen LogP contribution in [0.4, 0.5) is 0 Å². The second-order valence-corrected chi connectivity index (χ2v) is 3.97. The summed E-state index contributed by atoms with van der Waals surface area (Å²) in [6.07, 6.45) is 3.72. The number of ether oxygens (including phenoxy) is 1. The number of hydrogen-bond acceptors (Lipinski definition) is 2. The molecule has 0 aromatic rings. The Morgan fingerprint density at radius 1 is 1.44 bits per heavy atom.